The molecule has 0 fully saturated rings. The smallest absolute Gasteiger partial charge is 0.175 e. The van der Waals surface area contributed by atoms with Gasteiger partial charge in [-0.25, -0.2) is 8.42 Å². The number of rotatable bonds is 5. The second-order valence-electron chi connectivity index (χ2n) is 4.51. The van der Waals surface area contributed by atoms with Crippen LogP contribution in [0.15, 0.2) is 35.5 Å². The van der Waals surface area contributed by atoms with E-state index >= 15 is 0 Å². The van der Waals surface area contributed by atoms with E-state index in [0.29, 0.717) is 11.5 Å². The number of ether oxygens (including phenoxy) is 1. The van der Waals surface area contributed by atoms with Crippen LogP contribution in [0.5, 0.6) is 11.5 Å². The monoisotopic (exact) mass is 295 g/mol. The molecule has 7 heteroatoms. The van der Waals surface area contributed by atoms with Crippen LogP contribution in [0.25, 0.3) is 0 Å². The van der Waals surface area contributed by atoms with Crippen molar-refractivity contribution in [3.05, 3.63) is 30.6 Å². The summed E-state index contributed by atoms with van der Waals surface area (Å²) in [6.45, 7) is 2.87. The fourth-order valence-corrected chi connectivity index (χ4v) is 2.38. The van der Waals surface area contributed by atoms with Crippen LogP contribution in [-0.2, 0) is 16.4 Å². The molecule has 6 nitrogen and oxygen atoms in total. The number of nitrogens with zero attached hydrogens (tertiary/aromatic N) is 2. The van der Waals surface area contributed by atoms with Crippen molar-refractivity contribution in [2.24, 2.45) is 0 Å². The molecule has 0 aliphatic carbocycles. The number of nitrogen functional groups attached to an aromatic ring is 1. The molecule has 0 saturated carbocycles. The summed E-state index contributed by atoms with van der Waals surface area (Å²) in [5.74, 6) is 0.978. The summed E-state index contributed by atoms with van der Waals surface area (Å²) in [4.78, 5) is 0.170. The van der Waals surface area contributed by atoms with E-state index in [4.69, 9.17) is 10.5 Å². The maximum Gasteiger partial charge on any atom is 0.175 e. The lowest BCUT2D eigenvalue weighted by Crippen LogP contribution is -1.99. The Balaban J connectivity index is 2.21. The Hall–Kier alpha value is -2.02. The average Bonchev–Trinajstić information content (AvgIpc) is 2.78. The molecule has 0 radical (unpaired) electrons. The first kappa shape index (κ1) is 14.4. The van der Waals surface area contributed by atoms with Gasteiger partial charge in [-0.3, -0.25) is 4.68 Å². The first-order valence-corrected chi connectivity index (χ1v) is 8.09. The number of benzene rings is 1. The first-order valence-electron chi connectivity index (χ1n) is 6.20. The third-order valence-electron chi connectivity index (χ3n) is 2.70. The fraction of sp³-hybridized carbons (Fsp3) is 0.308. The van der Waals surface area contributed by atoms with Crippen molar-refractivity contribution in [2.45, 2.75) is 24.8 Å². The van der Waals surface area contributed by atoms with Gasteiger partial charge in [0.25, 0.3) is 0 Å². The van der Waals surface area contributed by atoms with Crippen LogP contribution in [0.1, 0.15) is 13.3 Å². The van der Waals surface area contributed by atoms with Gasteiger partial charge in [0.05, 0.1) is 23.0 Å². The lowest BCUT2D eigenvalue weighted by Gasteiger charge is -2.07. The standard InChI is InChI=1S/C13H17N3O3S/c1-3-6-16-9-10(8-15-16)19-13-5-4-11(7-12(13)14)20(2,17)18/h4-5,7-9H,3,6,14H2,1-2H3. The highest BCUT2D eigenvalue weighted by Crippen LogP contribution is 2.29. The minimum absolute atomic E-state index is 0.170. The van der Waals surface area contributed by atoms with Crippen molar-refractivity contribution in [1.29, 1.82) is 0 Å². The molecule has 20 heavy (non-hydrogen) atoms. The summed E-state index contributed by atoms with van der Waals surface area (Å²) in [6, 6.07) is 4.40. The minimum Gasteiger partial charge on any atom is -0.452 e. The molecule has 2 N–H and O–H groups in total. The maximum atomic E-state index is 11.4. The maximum absolute atomic E-state index is 11.4. The molecule has 0 amide bonds. The lowest BCUT2D eigenvalue weighted by atomic mass is 10.3. The molecule has 1 heterocycles. The second-order valence-corrected chi connectivity index (χ2v) is 6.53. The number of aryl methyl sites for hydroxylation is 1. The van der Waals surface area contributed by atoms with Crippen molar-refractivity contribution in [2.75, 3.05) is 12.0 Å². The predicted octanol–water partition coefficient (Wildman–Crippen LogP) is 2.07. The van der Waals surface area contributed by atoms with E-state index in [0.717, 1.165) is 19.2 Å². The zero-order valence-corrected chi connectivity index (χ0v) is 12.2. The topological polar surface area (TPSA) is 87.2 Å². The van der Waals surface area contributed by atoms with Crippen molar-refractivity contribution < 1.29 is 13.2 Å². The van der Waals surface area contributed by atoms with E-state index in [1.807, 2.05) is 0 Å². The Labute approximate surface area is 118 Å². The van der Waals surface area contributed by atoms with Crippen LogP contribution in [-0.4, -0.2) is 24.5 Å². The van der Waals surface area contributed by atoms with Gasteiger partial charge in [0.1, 0.15) is 0 Å². The van der Waals surface area contributed by atoms with Crippen LogP contribution in [0.4, 0.5) is 5.69 Å². The Kier molecular flexibility index (Phi) is 3.99. The average molecular weight is 295 g/mol. The van der Waals surface area contributed by atoms with Gasteiger partial charge in [-0.2, -0.15) is 5.10 Å². The highest BCUT2D eigenvalue weighted by Gasteiger charge is 2.11. The summed E-state index contributed by atoms with van der Waals surface area (Å²) >= 11 is 0. The zero-order valence-electron chi connectivity index (χ0n) is 11.4. The Morgan fingerprint density at radius 3 is 2.75 bits per heavy atom. The Morgan fingerprint density at radius 2 is 2.15 bits per heavy atom. The highest BCUT2D eigenvalue weighted by atomic mass is 32.2. The van der Waals surface area contributed by atoms with Gasteiger partial charge in [-0.1, -0.05) is 6.92 Å². The molecule has 108 valence electrons. The van der Waals surface area contributed by atoms with Crippen molar-refractivity contribution in [3.8, 4) is 11.5 Å². The van der Waals surface area contributed by atoms with E-state index in [-0.39, 0.29) is 10.6 Å². The summed E-state index contributed by atoms with van der Waals surface area (Å²) in [5.41, 5.74) is 6.09. The summed E-state index contributed by atoms with van der Waals surface area (Å²) in [5, 5.41) is 4.14. The van der Waals surface area contributed by atoms with Crippen LogP contribution >= 0.6 is 0 Å². The van der Waals surface area contributed by atoms with Gasteiger partial charge in [0.2, 0.25) is 0 Å². The zero-order chi connectivity index (χ0) is 14.8. The lowest BCUT2D eigenvalue weighted by molar-refractivity contribution is 0.482. The number of aromatic nitrogens is 2. The summed E-state index contributed by atoms with van der Waals surface area (Å²) in [6.07, 6.45) is 5.48. The molecule has 1 aromatic heterocycles. The molecule has 0 saturated heterocycles. The third-order valence-corrected chi connectivity index (χ3v) is 3.81. The summed E-state index contributed by atoms with van der Waals surface area (Å²) < 4.78 is 30.2. The molecule has 0 aliphatic heterocycles. The number of hydrogen-bond donors (Lipinski definition) is 1. The number of sulfone groups is 1. The van der Waals surface area contributed by atoms with Crippen LogP contribution < -0.4 is 10.5 Å². The molecule has 0 atom stereocenters. The molecule has 0 bridgehead atoms. The van der Waals surface area contributed by atoms with Gasteiger partial charge >= 0.3 is 0 Å². The van der Waals surface area contributed by atoms with Crippen LogP contribution in [0.2, 0.25) is 0 Å². The van der Waals surface area contributed by atoms with Crippen molar-refractivity contribution in [3.63, 3.8) is 0 Å². The number of hydrogen-bond acceptors (Lipinski definition) is 5. The second kappa shape index (κ2) is 5.54. The predicted molar refractivity (Wildman–Crippen MR) is 76.6 cm³/mol. The van der Waals surface area contributed by atoms with Crippen molar-refractivity contribution in [1.82, 2.24) is 9.78 Å². The molecular weight excluding hydrogens is 278 g/mol. The molecule has 0 unspecified atom stereocenters. The Bertz CT molecular complexity index is 707. The minimum atomic E-state index is -3.27. The van der Waals surface area contributed by atoms with Gasteiger partial charge in [-0.05, 0) is 24.6 Å². The fourth-order valence-electron chi connectivity index (χ4n) is 1.73. The van der Waals surface area contributed by atoms with E-state index in [2.05, 4.69) is 12.0 Å². The largest absolute Gasteiger partial charge is 0.452 e. The van der Waals surface area contributed by atoms with E-state index in [1.54, 1.807) is 23.1 Å². The number of nitrogens with two attached hydrogens (primary N) is 1. The highest BCUT2D eigenvalue weighted by molar-refractivity contribution is 7.90. The number of anilines is 1. The summed E-state index contributed by atoms with van der Waals surface area (Å²) in [7, 11) is -3.27. The molecule has 0 aliphatic rings. The van der Waals surface area contributed by atoms with Gasteiger partial charge in [0.15, 0.2) is 21.3 Å². The molecule has 1 aromatic carbocycles. The SMILES string of the molecule is CCCn1cc(Oc2ccc(S(C)(=O)=O)cc2N)cn1. The van der Waals surface area contributed by atoms with Gasteiger partial charge < -0.3 is 10.5 Å². The third kappa shape index (κ3) is 3.30. The molecular formula is C13H17N3O3S. The van der Waals surface area contributed by atoms with E-state index < -0.39 is 9.84 Å². The van der Waals surface area contributed by atoms with E-state index in [1.165, 1.54) is 12.1 Å². The quantitative estimate of drug-likeness (QED) is 0.853. The molecule has 2 rings (SSSR count). The molecule has 2 aromatic rings. The van der Waals surface area contributed by atoms with Crippen LogP contribution in [0.3, 0.4) is 0 Å². The van der Waals surface area contributed by atoms with E-state index in [9.17, 15) is 8.42 Å². The normalized spacial score (nSPS) is 11.5. The Morgan fingerprint density at radius 1 is 1.40 bits per heavy atom. The van der Waals surface area contributed by atoms with Gasteiger partial charge in [0, 0.05) is 12.8 Å². The van der Waals surface area contributed by atoms with Crippen molar-refractivity contribution >= 4 is 15.5 Å². The first-order chi connectivity index (χ1) is 9.40. The molecule has 0 spiro atoms. The van der Waals surface area contributed by atoms with Gasteiger partial charge in [-0.15, -0.1) is 0 Å². The van der Waals surface area contributed by atoms with Crippen LogP contribution in [0, 0.1) is 0 Å².